The van der Waals surface area contributed by atoms with Gasteiger partial charge in [0.25, 0.3) is 5.91 Å². The van der Waals surface area contributed by atoms with Crippen LogP contribution >= 0.6 is 0 Å². The summed E-state index contributed by atoms with van der Waals surface area (Å²) in [5, 5.41) is 9.65. The molecule has 0 atom stereocenters. The number of esters is 1. The van der Waals surface area contributed by atoms with Gasteiger partial charge in [-0.1, -0.05) is 67.3 Å². The number of benzene rings is 2. The zero-order valence-corrected chi connectivity index (χ0v) is 17.9. The summed E-state index contributed by atoms with van der Waals surface area (Å²) < 4.78 is 5.25. The quantitative estimate of drug-likeness (QED) is 0.521. The van der Waals surface area contributed by atoms with E-state index in [0.29, 0.717) is 18.4 Å². The van der Waals surface area contributed by atoms with Crippen molar-refractivity contribution in [2.75, 3.05) is 13.7 Å². The van der Waals surface area contributed by atoms with Gasteiger partial charge in [0.2, 0.25) is 0 Å². The highest BCUT2D eigenvalue weighted by molar-refractivity contribution is 6.14. The van der Waals surface area contributed by atoms with E-state index in [1.807, 2.05) is 19.1 Å². The Balaban J connectivity index is 1.71. The fourth-order valence-electron chi connectivity index (χ4n) is 3.92. The lowest BCUT2D eigenvalue weighted by atomic mass is 9.81. The van der Waals surface area contributed by atoms with Crippen molar-refractivity contribution in [3.05, 3.63) is 70.8 Å². The number of carbonyl (C=O) groups excluding carboxylic acids is 3. The van der Waals surface area contributed by atoms with E-state index in [2.05, 4.69) is 6.07 Å². The number of likely N-dealkylation sites (N-methyl/N-ethyl adjacent to an activating group) is 1. The van der Waals surface area contributed by atoms with Crippen molar-refractivity contribution in [2.45, 2.75) is 44.6 Å². The molecule has 0 saturated heterocycles. The number of carbonyl (C=O) groups is 3. The van der Waals surface area contributed by atoms with Crippen molar-refractivity contribution in [1.29, 1.82) is 5.26 Å². The van der Waals surface area contributed by atoms with Crippen LogP contribution in [0.1, 0.15) is 63.9 Å². The van der Waals surface area contributed by atoms with Gasteiger partial charge in [0.1, 0.15) is 5.54 Å². The normalized spacial score (nSPS) is 14.9. The summed E-state index contributed by atoms with van der Waals surface area (Å²) in [6, 6.07) is 15.8. The summed E-state index contributed by atoms with van der Waals surface area (Å²) in [6.07, 6.45) is 4.06. The van der Waals surface area contributed by atoms with Crippen LogP contribution < -0.4 is 0 Å². The van der Waals surface area contributed by atoms with E-state index < -0.39 is 24.0 Å². The Bertz CT molecular complexity index is 1010. The number of ether oxygens (including phenoxy) is 1. The maximum absolute atomic E-state index is 12.9. The van der Waals surface area contributed by atoms with Crippen LogP contribution in [-0.2, 0) is 9.53 Å². The third kappa shape index (κ3) is 4.83. The predicted octanol–water partition coefficient (Wildman–Crippen LogP) is 4.07. The van der Waals surface area contributed by atoms with E-state index in [9.17, 15) is 19.6 Å². The molecule has 1 saturated carbocycles. The molecular formula is C25H26N2O4. The second-order valence-corrected chi connectivity index (χ2v) is 7.97. The average molecular weight is 418 g/mol. The Hall–Kier alpha value is -3.46. The lowest BCUT2D eigenvalue weighted by molar-refractivity contribution is -0.138. The smallest absolute Gasteiger partial charge is 0.339 e. The molecular weight excluding hydrogens is 392 g/mol. The minimum Gasteiger partial charge on any atom is -0.452 e. The summed E-state index contributed by atoms with van der Waals surface area (Å²) in [6.45, 7) is 1.45. The summed E-state index contributed by atoms with van der Waals surface area (Å²) >= 11 is 0. The van der Waals surface area contributed by atoms with Gasteiger partial charge < -0.3 is 9.64 Å². The van der Waals surface area contributed by atoms with Crippen molar-refractivity contribution in [2.24, 2.45) is 0 Å². The second-order valence-electron chi connectivity index (χ2n) is 7.97. The molecule has 0 aromatic heterocycles. The minimum absolute atomic E-state index is 0.108. The van der Waals surface area contributed by atoms with Gasteiger partial charge in [-0.3, -0.25) is 9.59 Å². The molecule has 0 heterocycles. The largest absolute Gasteiger partial charge is 0.452 e. The summed E-state index contributed by atoms with van der Waals surface area (Å²) in [5.41, 5.74) is 0.977. The van der Waals surface area contributed by atoms with Crippen LogP contribution in [0.3, 0.4) is 0 Å². The van der Waals surface area contributed by atoms with Crippen molar-refractivity contribution in [1.82, 2.24) is 4.90 Å². The Kier molecular flexibility index (Phi) is 6.86. The molecule has 31 heavy (non-hydrogen) atoms. The molecule has 0 unspecified atom stereocenters. The SMILES string of the molecule is Cc1ccc(C(=O)c2ccccc2C(=O)OCC(=O)N(C)C2(C#N)CCCCC2)cc1. The van der Waals surface area contributed by atoms with Crippen LogP contribution in [0.2, 0.25) is 0 Å². The van der Waals surface area contributed by atoms with E-state index in [1.54, 1.807) is 37.4 Å². The number of nitrogens with zero attached hydrogens (tertiary/aromatic N) is 2. The highest BCUT2D eigenvalue weighted by atomic mass is 16.5. The molecule has 2 aromatic carbocycles. The molecule has 6 nitrogen and oxygen atoms in total. The van der Waals surface area contributed by atoms with E-state index in [-0.39, 0.29) is 16.9 Å². The molecule has 0 aliphatic heterocycles. The fourth-order valence-corrected chi connectivity index (χ4v) is 3.92. The second kappa shape index (κ2) is 9.57. The molecule has 0 N–H and O–H groups in total. The van der Waals surface area contributed by atoms with Crippen molar-refractivity contribution in [3.8, 4) is 6.07 Å². The standard InChI is InChI=1S/C25H26N2O4/c1-18-10-12-19(13-11-18)23(29)20-8-4-5-9-21(20)24(30)31-16-22(28)27(2)25(17-26)14-6-3-7-15-25/h4-5,8-13H,3,6-7,14-16H2,1-2H3. The number of ketones is 1. The molecule has 3 rings (SSSR count). The van der Waals surface area contributed by atoms with E-state index in [0.717, 1.165) is 24.8 Å². The molecule has 1 aliphatic carbocycles. The number of rotatable bonds is 6. The Morgan fingerprint density at radius 1 is 1.00 bits per heavy atom. The van der Waals surface area contributed by atoms with Crippen LogP contribution in [0.15, 0.2) is 48.5 Å². The lowest BCUT2D eigenvalue weighted by Gasteiger charge is -2.38. The molecule has 6 heteroatoms. The minimum atomic E-state index is -0.846. The average Bonchev–Trinajstić information content (AvgIpc) is 2.82. The topological polar surface area (TPSA) is 87.5 Å². The zero-order valence-electron chi connectivity index (χ0n) is 17.9. The van der Waals surface area contributed by atoms with Crippen molar-refractivity contribution in [3.63, 3.8) is 0 Å². The van der Waals surface area contributed by atoms with Crippen LogP contribution in [-0.4, -0.2) is 41.8 Å². The summed E-state index contributed by atoms with van der Waals surface area (Å²) in [5.74, 6) is -1.46. The Morgan fingerprint density at radius 3 is 2.23 bits per heavy atom. The van der Waals surface area contributed by atoms with Gasteiger partial charge >= 0.3 is 5.97 Å². The number of nitriles is 1. The Labute approximate surface area is 182 Å². The predicted molar refractivity (Wildman–Crippen MR) is 116 cm³/mol. The first kappa shape index (κ1) is 22.2. The van der Waals surface area contributed by atoms with Crippen LogP contribution in [0.4, 0.5) is 0 Å². The zero-order chi connectivity index (χ0) is 22.4. The van der Waals surface area contributed by atoms with Gasteiger partial charge in [-0.05, 0) is 25.8 Å². The third-order valence-corrected chi connectivity index (χ3v) is 5.94. The highest BCUT2D eigenvalue weighted by Crippen LogP contribution is 2.32. The first-order valence-electron chi connectivity index (χ1n) is 10.4. The molecule has 0 bridgehead atoms. The molecule has 1 amide bonds. The van der Waals surface area contributed by atoms with E-state index >= 15 is 0 Å². The van der Waals surface area contributed by atoms with Gasteiger partial charge in [-0.2, -0.15) is 5.26 Å². The lowest BCUT2D eigenvalue weighted by Crippen LogP contribution is -2.51. The fraction of sp³-hybridized carbons (Fsp3) is 0.360. The van der Waals surface area contributed by atoms with Gasteiger partial charge in [0.15, 0.2) is 12.4 Å². The van der Waals surface area contributed by atoms with E-state index in [4.69, 9.17) is 4.74 Å². The van der Waals surface area contributed by atoms with Crippen LogP contribution in [0, 0.1) is 18.3 Å². The molecule has 1 fully saturated rings. The maximum atomic E-state index is 12.9. The molecule has 0 radical (unpaired) electrons. The van der Waals surface area contributed by atoms with Crippen molar-refractivity contribution >= 4 is 17.7 Å². The monoisotopic (exact) mass is 418 g/mol. The molecule has 2 aromatic rings. The first-order chi connectivity index (χ1) is 14.9. The van der Waals surface area contributed by atoms with E-state index in [1.165, 1.54) is 11.0 Å². The number of amides is 1. The third-order valence-electron chi connectivity index (χ3n) is 5.94. The summed E-state index contributed by atoms with van der Waals surface area (Å²) in [4.78, 5) is 39.6. The maximum Gasteiger partial charge on any atom is 0.339 e. The molecule has 160 valence electrons. The van der Waals surface area contributed by atoms with Gasteiger partial charge in [0, 0.05) is 18.2 Å². The highest BCUT2D eigenvalue weighted by Gasteiger charge is 2.39. The van der Waals surface area contributed by atoms with Crippen LogP contribution in [0.25, 0.3) is 0 Å². The Morgan fingerprint density at radius 2 is 1.61 bits per heavy atom. The first-order valence-corrected chi connectivity index (χ1v) is 10.4. The van der Waals surface area contributed by atoms with Gasteiger partial charge in [-0.25, -0.2) is 4.79 Å². The summed E-state index contributed by atoms with van der Waals surface area (Å²) in [7, 11) is 1.58. The van der Waals surface area contributed by atoms with Crippen molar-refractivity contribution < 1.29 is 19.1 Å². The molecule has 0 spiro atoms. The van der Waals surface area contributed by atoms with Crippen LogP contribution in [0.5, 0.6) is 0 Å². The number of aryl methyl sites for hydroxylation is 1. The molecule has 1 aliphatic rings. The number of hydrogen-bond acceptors (Lipinski definition) is 5. The van der Waals surface area contributed by atoms with Gasteiger partial charge in [-0.15, -0.1) is 0 Å². The van der Waals surface area contributed by atoms with Gasteiger partial charge in [0.05, 0.1) is 11.6 Å². The number of hydrogen-bond donors (Lipinski definition) is 0.